The third-order valence-corrected chi connectivity index (χ3v) is 4.93. The Morgan fingerprint density at radius 3 is 2.70 bits per heavy atom. The van der Waals surface area contributed by atoms with Crippen molar-refractivity contribution in [3.63, 3.8) is 0 Å². The summed E-state index contributed by atoms with van der Waals surface area (Å²) in [7, 11) is 3.92. The van der Waals surface area contributed by atoms with Gasteiger partial charge in [-0.15, -0.1) is 0 Å². The van der Waals surface area contributed by atoms with Gasteiger partial charge in [0.2, 0.25) is 0 Å². The molecule has 0 radical (unpaired) electrons. The normalized spacial score (nSPS) is 18.3. The lowest BCUT2D eigenvalue weighted by Crippen LogP contribution is -2.24. The lowest BCUT2D eigenvalue weighted by Gasteiger charge is -2.26. The highest BCUT2D eigenvalue weighted by Crippen LogP contribution is 2.39. The highest BCUT2D eigenvalue weighted by Gasteiger charge is 2.32. The minimum absolute atomic E-state index is 0.321. The summed E-state index contributed by atoms with van der Waals surface area (Å²) in [6.45, 7) is 5.24. The molecular formula is C16H21N7. The molecule has 0 spiro atoms. The molecule has 1 atom stereocenters. The lowest BCUT2D eigenvalue weighted by atomic mass is 10.0. The maximum Gasteiger partial charge on any atom is 0.163 e. The molecule has 23 heavy (non-hydrogen) atoms. The van der Waals surface area contributed by atoms with Crippen molar-refractivity contribution in [3.8, 4) is 0 Å². The zero-order chi connectivity index (χ0) is 16.1. The van der Waals surface area contributed by atoms with E-state index in [1.807, 2.05) is 25.0 Å². The van der Waals surface area contributed by atoms with Crippen molar-refractivity contribution < 1.29 is 0 Å². The SMILES string of the molecule is Cc1nn(C)c(C)c1[C@H]1CCCN1c1ncnc2c1cnn2C. The Labute approximate surface area is 134 Å². The predicted octanol–water partition coefficient (Wildman–Crippen LogP) is 2.06. The van der Waals surface area contributed by atoms with Crippen LogP contribution in [0.1, 0.15) is 35.8 Å². The van der Waals surface area contributed by atoms with Crippen molar-refractivity contribution in [1.29, 1.82) is 0 Å². The zero-order valence-corrected chi connectivity index (χ0v) is 14.0. The fourth-order valence-corrected chi connectivity index (χ4v) is 3.77. The van der Waals surface area contributed by atoms with Crippen LogP contribution in [-0.4, -0.2) is 36.1 Å². The second-order valence-corrected chi connectivity index (χ2v) is 6.26. The number of anilines is 1. The second kappa shape index (κ2) is 5.04. The summed E-state index contributed by atoms with van der Waals surface area (Å²) in [4.78, 5) is 11.3. The van der Waals surface area contributed by atoms with Gasteiger partial charge >= 0.3 is 0 Å². The van der Waals surface area contributed by atoms with Gasteiger partial charge in [-0.3, -0.25) is 9.36 Å². The van der Waals surface area contributed by atoms with Gasteiger partial charge in [0.15, 0.2) is 5.65 Å². The van der Waals surface area contributed by atoms with E-state index in [0.717, 1.165) is 41.9 Å². The summed E-state index contributed by atoms with van der Waals surface area (Å²) < 4.78 is 3.77. The van der Waals surface area contributed by atoms with Crippen LogP contribution < -0.4 is 4.90 Å². The zero-order valence-electron chi connectivity index (χ0n) is 14.0. The largest absolute Gasteiger partial charge is 0.349 e. The van der Waals surface area contributed by atoms with E-state index < -0.39 is 0 Å². The smallest absolute Gasteiger partial charge is 0.163 e. The Hall–Kier alpha value is -2.44. The molecule has 1 aliphatic rings. The quantitative estimate of drug-likeness (QED) is 0.725. The average molecular weight is 311 g/mol. The Kier molecular flexibility index (Phi) is 3.11. The number of aryl methyl sites for hydroxylation is 3. The van der Waals surface area contributed by atoms with Crippen LogP contribution in [0.25, 0.3) is 11.0 Å². The first-order valence-corrected chi connectivity index (χ1v) is 7.97. The number of nitrogens with zero attached hydrogens (tertiary/aromatic N) is 7. The maximum absolute atomic E-state index is 4.59. The first-order chi connectivity index (χ1) is 11.1. The van der Waals surface area contributed by atoms with Crippen molar-refractivity contribution in [2.24, 2.45) is 14.1 Å². The summed E-state index contributed by atoms with van der Waals surface area (Å²) in [6, 6.07) is 0.321. The van der Waals surface area contributed by atoms with E-state index >= 15 is 0 Å². The standard InChI is InChI=1S/C16H21N7/c1-10-14(11(2)21(3)20-10)13-6-5-7-23(13)16-12-8-19-22(4)15(12)17-9-18-16/h8-9,13H,5-7H2,1-4H3/t13-/m1/s1. The molecule has 1 aliphatic heterocycles. The van der Waals surface area contributed by atoms with Crippen molar-refractivity contribution in [2.45, 2.75) is 32.7 Å². The molecule has 1 fully saturated rings. The van der Waals surface area contributed by atoms with E-state index in [1.54, 1.807) is 11.0 Å². The van der Waals surface area contributed by atoms with Crippen LogP contribution in [-0.2, 0) is 14.1 Å². The molecule has 4 rings (SSSR count). The van der Waals surface area contributed by atoms with E-state index in [1.165, 1.54) is 11.3 Å². The fraction of sp³-hybridized carbons (Fsp3) is 0.500. The second-order valence-electron chi connectivity index (χ2n) is 6.26. The molecule has 0 aromatic carbocycles. The average Bonchev–Trinajstić information content (AvgIpc) is 3.20. The summed E-state index contributed by atoms with van der Waals surface area (Å²) in [6.07, 6.45) is 5.78. The van der Waals surface area contributed by atoms with Gasteiger partial charge < -0.3 is 4.90 Å². The predicted molar refractivity (Wildman–Crippen MR) is 88.3 cm³/mol. The summed E-state index contributed by atoms with van der Waals surface area (Å²) in [5.74, 6) is 0.980. The third-order valence-electron chi connectivity index (χ3n) is 4.93. The molecule has 4 heterocycles. The van der Waals surface area contributed by atoms with E-state index in [9.17, 15) is 0 Å². The van der Waals surface area contributed by atoms with Gasteiger partial charge in [-0.25, -0.2) is 9.97 Å². The van der Waals surface area contributed by atoms with E-state index in [0.29, 0.717) is 6.04 Å². The molecule has 1 saturated heterocycles. The molecule has 120 valence electrons. The Morgan fingerprint density at radius 1 is 1.13 bits per heavy atom. The van der Waals surface area contributed by atoms with Crippen LogP contribution in [0.2, 0.25) is 0 Å². The van der Waals surface area contributed by atoms with Crippen molar-refractivity contribution in [1.82, 2.24) is 29.5 Å². The molecule has 0 unspecified atom stereocenters. The van der Waals surface area contributed by atoms with Gasteiger partial charge in [-0.2, -0.15) is 10.2 Å². The maximum atomic E-state index is 4.59. The molecular weight excluding hydrogens is 290 g/mol. The van der Waals surface area contributed by atoms with Crippen LogP contribution >= 0.6 is 0 Å². The van der Waals surface area contributed by atoms with Crippen LogP contribution in [0, 0.1) is 13.8 Å². The summed E-state index contributed by atoms with van der Waals surface area (Å²) in [5, 5.41) is 9.94. The number of aromatic nitrogens is 6. The van der Waals surface area contributed by atoms with Crippen LogP contribution in [0.5, 0.6) is 0 Å². The van der Waals surface area contributed by atoms with Crippen molar-refractivity contribution in [2.75, 3.05) is 11.4 Å². The first kappa shape index (κ1) is 14.2. The molecule has 0 aliphatic carbocycles. The Morgan fingerprint density at radius 2 is 1.96 bits per heavy atom. The molecule has 7 nitrogen and oxygen atoms in total. The minimum atomic E-state index is 0.321. The molecule has 7 heteroatoms. The molecule has 0 bridgehead atoms. The van der Waals surface area contributed by atoms with Gasteiger partial charge in [0.1, 0.15) is 12.1 Å². The molecule has 0 saturated carbocycles. The van der Waals surface area contributed by atoms with E-state index in [2.05, 4.69) is 38.9 Å². The van der Waals surface area contributed by atoms with Gasteiger partial charge in [-0.1, -0.05) is 0 Å². The highest BCUT2D eigenvalue weighted by atomic mass is 15.3. The molecule has 3 aromatic rings. The molecule has 0 amide bonds. The van der Waals surface area contributed by atoms with Gasteiger partial charge in [-0.05, 0) is 26.7 Å². The van der Waals surface area contributed by atoms with E-state index in [4.69, 9.17) is 0 Å². The van der Waals surface area contributed by atoms with Gasteiger partial charge in [0, 0.05) is 31.9 Å². The highest BCUT2D eigenvalue weighted by molar-refractivity contribution is 5.87. The van der Waals surface area contributed by atoms with Gasteiger partial charge in [0.05, 0.1) is 23.3 Å². The van der Waals surface area contributed by atoms with Crippen LogP contribution in [0.15, 0.2) is 12.5 Å². The first-order valence-electron chi connectivity index (χ1n) is 7.97. The number of fused-ring (bicyclic) bond motifs is 1. The minimum Gasteiger partial charge on any atom is -0.349 e. The number of hydrogen-bond acceptors (Lipinski definition) is 5. The molecule has 0 N–H and O–H groups in total. The van der Waals surface area contributed by atoms with Gasteiger partial charge in [0.25, 0.3) is 0 Å². The monoisotopic (exact) mass is 311 g/mol. The lowest BCUT2D eigenvalue weighted by molar-refractivity contribution is 0.694. The number of rotatable bonds is 2. The van der Waals surface area contributed by atoms with Crippen LogP contribution in [0.4, 0.5) is 5.82 Å². The number of hydrogen-bond donors (Lipinski definition) is 0. The van der Waals surface area contributed by atoms with Crippen molar-refractivity contribution in [3.05, 3.63) is 29.5 Å². The fourth-order valence-electron chi connectivity index (χ4n) is 3.77. The topological polar surface area (TPSA) is 64.7 Å². The van der Waals surface area contributed by atoms with Crippen molar-refractivity contribution >= 4 is 16.9 Å². The third kappa shape index (κ3) is 2.03. The Bertz CT molecular complexity index is 876. The summed E-state index contributed by atoms with van der Waals surface area (Å²) >= 11 is 0. The summed E-state index contributed by atoms with van der Waals surface area (Å²) in [5.41, 5.74) is 4.55. The van der Waals surface area contributed by atoms with E-state index in [-0.39, 0.29) is 0 Å². The molecule has 3 aromatic heterocycles. The van der Waals surface area contributed by atoms with Crippen LogP contribution in [0.3, 0.4) is 0 Å². The Balaban J connectivity index is 1.84.